The zero-order valence-electron chi connectivity index (χ0n) is 17.6. The van der Waals surface area contributed by atoms with Gasteiger partial charge in [0.2, 0.25) is 0 Å². The Hall–Kier alpha value is -3.72. The van der Waals surface area contributed by atoms with Crippen molar-refractivity contribution in [1.29, 1.82) is 0 Å². The van der Waals surface area contributed by atoms with Gasteiger partial charge in [-0.1, -0.05) is 79.9 Å². The molecule has 3 aromatic rings. The summed E-state index contributed by atoms with van der Waals surface area (Å²) in [6.07, 6.45) is 8.46. The van der Waals surface area contributed by atoms with E-state index in [0.717, 1.165) is 50.9 Å². The summed E-state index contributed by atoms with van der Waals surface area (Å²) >= 11 is 0. The zero-order valence-corrected chi connectivity index (χ0v) is 17.6. The molecular formula is C28H27NO2. The molecule has 156 valence electrons. The third-order valence-corrected chi connectivity index (χ3v) is 5.75. The molecule has 1 aliphatic carbocycles. The number of allylic oxidation sites excluding steroid dienone is 3. The highest BCUT2D eigenvalue weighted by Gasteiger charge is 2.17. The topological polar surface area (TPSA) is 43.7 Å². The summed E-state index contributed by atoms with van der Waals surface area (Å²) in [5, 5.41) is 25.0. The van der Waals surface area contributed by atoms with Crippen LogP contribution >= 0.6 is 0 Å². The smallest absolute Gasteiger partial charge is 0.121 e. The van der Waals surface area contributed by atoms with Gasteiger partial charge in [0, 0.05) is 29.9 Å². The maximum absolute atomic E-state index is 10.7. The van der Waals surface area contributed by atoms with E-state index in [1.54, 1.807) is 6.07 Å². The van der Waals surface area contributed by atoms with E-state index in [0.29, 0.717) is 13.1 Å². The van der Waals surface area contributed by atoms with E-state index in [-0.39, 0.29) is 11.5 Å². The SMILES string of the molecule is C=C(O)/C(CN(Cc1c(O)ccc2ccccc12)C1=CCCC=C1)=c1/ccccc1=C. The van der Waals surface area contributed by atoms with Crippen LogP contribution in [0.4, 0.5) is 0 Å². The van der Waals surface area contributed by atoms with Crippen molar-refractivity contribution >= 4 is 22.9 Å². The first-order chi connectivity index (χ1) is 15.0. The van der Waals surface area contributed by atoms with Gasteiger partial charge in [-0.15, -0.1) is 0 Å². The van der Waals surface area contributed by atoms with Gasteiger partial charge in [-0.05, 0) is 46.2 Å². The number of aliphatic hydroxyl groups is 1. The quantitative estimate of drug-likeness (QED) is 0.568. The maximum atomic E-state index is 10.7. The fraction of sp³-hybridized carbons (Fsp3) is 0.143. The van der Waals surface area contributed by atoms with Gasteiger partial charge in [0.05, 0.1) is 0 Å². The molecule has 0 spiro atoms. The number of aromatic hydroxyl groups is 1. The number of aliphatic hydroxyl groups excluding tert-OH is 1. The number of hydrogen-bond donors (Lipinski definition) is 2. The van der Waals surface area contributed by atoms with Gasteiger partial charge in [0.1, 0.15) is 11.5 Å². The summed E-state index contributed by atoms with van der Waals surface area (Å²) in [5.41, 5.74) is 2.66. The minimum atomic E-state index is 0.0311. The lowest BCUT2D eigenvalue weighted by molar-refractivity contribution is 0.364. The average molecular weight is 410 g/mol. The summed E-state index contributed by atoms with van der Waals surface area (Å²) in [7, 11) is 0. The van der Waals surface area contributed by atoms with Crippen LogP contribution in [0, 0.1) is 0 Å². The van der Waals surface area contributed by atoms with Crippen LogP contribution in [0.1, 0.15) is 18.4 Å². The molecule has 0 atom stereocenters. The standard InChI is InChI=1S/C28H27NO2/c1-20-10-6-8-14-24(20)26(21(2)30)18-29(23-12-4-3-5-13-23)19-27-25-15-9-7-11-22(25)16-17-28(27)31/h4,6-17,30-31H,1-3,5,18-19H2/b26-24-. The normalized spacial score (nSPS) is 14.3. The molecule has 0 aliphatic heterocycles. The fourth-order valence-electron chi connectivity index (χ4n) is 4.09. The van der Waals surface area contributed by atoms with Gasteiger partial charge in [0.25, 0.3) is 0 Å². The number of hydrogen-bond acceptors (Lipinski definition) is 3. The van der Waals surface area contributed by atoms with Crippen LogP contribution in [0.25, 0.3) is 22.9 Å². The first kappa shape index (κ1) is 20.5. The Kier molecular flexibility index (Phi) is 5.94. The molecule has 0 saturated heterocycles. The average Bonchev–Trinajstić information content (AvgIpc) is 2.79. The maximum Gasteiger partial charge on any atom is 0.121 e. The second-order valence-corrected chi connectivity index (χ2v) is 7.83. The van der Waals surface area contributed by atoms with Crippen LogP contribution in [0.15, 0.2) is 96.9 Å². The van der Waals surface area contributed by atoms with E-state index in [9.17, 15) is 10.2 Å². The number of fused-ring (bicyclic) bond motifs is 1. The Labute approximate surface area is 182 Å². The molecule has 31 heavy (non-hydrogen) atoms. The summed E-state index contributed by atoms with van der Waals surface area (Å²) in [5.74, 6) is 0.301. The lowest BCUT2D eigenvalue weighted by Crippen LogP contribution is -2.32. The molecule has 0 amide bonds. The van der Waals surface area contributed by atoms with Crippen molar-refractivity contribution in [3.63, 3.8) is 0 Å². The predicted octanol–water partition coefficient (Wildman–Crippen LogP) is 4.91. The molecule has 0 fully saturated rings. The third kappa shape index (κ3) is 4.41. The highest BCUT2D eigenvalue weighted by Crippen LogP contribution is 2.30. The van der Waals surface area contributed by atoms with Crippen LogP contribution in [-0.2, 0) is 6.54 Å². The lowest BCUT2D eigenvalue weighted by atomic mass is 10.0. The first-order valence-corrected chi connectivity index (χ1v) is 10.5. The fourth-order valence-corrected chi connectivity index (χ4v) is 4.09. The van der Waals surface area contributed by atoms with E-state index in [2.05, 4.69) is 42.4 Å². The molecule has 3 heteroatoms. The molecule has 0 aromatic heterocycles. The Morgan fingerprint density at radius 1 is 0.968 bits per heavy atom. The number of phenolic OH excluding ortho intramolecular Hbond substituents is 1. The van der Waals surface area contributed by atoms with Crippen molar-refractivity contribution in [2.75, 3.05) is 6.54 Å². The molecule has 4 rings (SSSR count). The highest BCUT2D eigenvalue weighted by atomic mass is 16.3. The molecule has 0 unspecified atom stereocenters. The molecule has 0 bridgehead atoms. The Balaban J connectivity index is 1.83. The van der Waals surface area contributed by atoms with E-state index < -0.39 is 0 Å². The van der Waals surface area contributed by atoms with Gasteiger partial charge in [-0.3, -0.25) is 0 Å². The molecule has 3 nitrogen and oxygen atoms in total. The molecule has 0 radical (unpaired) electrons. The van der Waals surface area contributed by atoms with Crippen molar-refractivity contribution in [2.24, 2.45) is 0 Å². The Morgan fingerprint density at radius 2 is 1.74 bits per heavy atom. The minimum absolute atomic E-state index is 0.0311. The first-order valence-electron chi connectivity index (χ1n) is 10.5. The summed E-state index contributed by atoms with van der Waals surface area (Å²) in [6.45, 7) is 8.89. The third-order valence-electron chi connectivity index (χ3n) is 5.75. The largest absolute Gasteiger partial charge is 0.508 e. The van der Waals surface area contributed by atoms with Crippen LogP contribution in [0.2, 0.25) is 0 Å². The summed E-state index contributed by atoms with van der Waals surface area (Å²) in [4.78, 5) is 2.18. The van der Waals surface area contributed by atoms with Crippen molar-refractivity contribution < 1.29 is 10.2 Å². The van der Waals surface area contributed by atoms with Crippen LogP contribution in [0.3, 0.4) is 0 Å². The molecule has 2 N–H and O–H groups in total. The van der Waals surface area contributed by atoms with Gasteiger partial charge in [-0.2, -0.15) is 0 Å². The van der Waals surface area contributed by atoms with Crippen LogP contribution in [0.5, 0.6) is 5.75 Å². The number of phenols is 1. The van der Waals surface area contributed by atoms with E-state index in [1.807, 2.05) is 48.5 Å². The van der Waals surface area contributed by atoms with Crippen molar-refractivity contribution in [3.8, 4) is 5.75 Å². The zero-order chi connectivity index (χ0) is 21.8. The molecule has 3 aromatic carbocycles. The summed E-state index contributed by atoms with van der Waals surface area (Å²) < 4.78 is 0. The second kappa shape index (κ2) is 8.97. The number of nitrogens with zero attached hydrogens (tertiary/aromatic N) is 1. The molecule has 1 aliphatic rings. The van der Waals surface area contributed by atoms with Crippen molar-refractivity contribution in [1.82, 2.24) is 4.90 Å². The molecular weight excluding hydrogens is 382 g/mol. The van der Waals surface area contributed by atoms with E-state index in [1.165, 1.54) is 0 Å². The number of rotatable bonds is 6. The van der Waals surface area contributed by atoms with Crippen LogP contribution < -0.4 is 10.4 Å². The summed E-state index contributed by atoms with van der Waals surface area (Å²) in [6, 6.07) is 19.5. The van der Waals surface area contributed by atoms with Gasteiger partial charge >= 0.3 is 0 Å². The van der Waals surface area contributed by atoms with Crippen molar-refractivity contribution in [2.45, 2.75) is 19.4 Å². The van der Waals surface area contributed by atoms with Gasteiger partial charge < -0.3 is 15.1 Å². The second-order valence-electron chi connectivity index (χ2n) is 7.83. The molecule has 0 saturated carbocycles. The molecule has 0 heterocycles. The van der Waals surface area contributed by atoms with Crippen LogP contribution in [-0.4, -0.2) is 21.7 Å². The monoisotopic (exact) mass is 409 g/mol. The van der Waals surface area contributed by atoms with Gasteiger partial charge in [-0.25, -0.2) is 0 Å². The Bertz CT molecular complexity index is 1300. The number of benzene rings is 3. The lowest BCUT2D eigenvalue weighted by Gasteiger charge is -2.29. The Morgan fingerprint density at radius 3 is 2.48 bits per heavy atom. The minimum Gasteiger partial charge on any atom is -0.508 e. The highest BCUT2D eigenvalue weighted by molar-refractivity contribution is 5.87. The van der Waals surface area contributed by atoms with Crippen molar-refractivity contribution in [3.05, 3.63) is 113 Å². The van der Waals surface area contributed by atoms with E-state index in [4.69, 9.17) is 0 Å². The predicted molar refractivity (Wildman–Crippen MR) is 129 cm³/mol. The van der Waals surface area contributed by atoms with Gasteiger partial charge in [0.15, 0.2) is 0 Å². The van der Waals surface area contributed by atoms with E-state index >= 15 is 0 Å².